The van der Waals surface area contributed by atoms with Gasteiger partial charge in [0.2, 0.25) is 5.36 Å². The van der Waals surface area contributed by atoms with E-state index in [0.717, 1.165) is 24.1 Å². The standard InChI is InChI=1S/C34H39N3O8S/c1-6-36(7-2)24-13-15-26-29(21-24)45-30-22-25(14-16-27(30)32(26)28-11-9-10-12-31(28)46(40,41)42)37(8-3)18-20-44-34(39)35-17-19-43-33(38)23(4)5/h9-16,21-22H,4,6-8,17-20H2,1-3,5H3,(H-,35,39,40,41,42)/p+1. The van der Waals surface area contributed by atoms with E-state index in [1.165, 1.54) is 6.07 Å². The van der Waals surface area contributed by atoms with Crippen LogP contribution >= 0.6 is 0 Å². The number of hydrogen-bond acceptors (Lipinski definition) is 8. The van der Waals surface area contributed by atoms with Crippen LogP contribution in [0.2, 0.25) is 0 Å². The van der Waals surface area contributed by atoms with Crippen LogP contribution in [0.25, 0.3) is 33.4 Å². The molecule has 0 aromatic heterocycles. The summed E-state index contributed by atoms with van der Waals surface area (Å²) < 4.78 is 53.9. The van der Waals surface area contributed by atoms with Gasteiger partial charge in [-0.25, -0.2) is 14.2 Å². The summed E-state index contributed by atoms with van der Waals surface area (Å²) in [6.07, 6.45) is -0.631. The van der Waals surface area contributed by atoms with Crippen molar-refractivity contribution in [2.24, 2.45) is 0 Å². The fourth-order valence-electron chi connectivity index (χ4n) is 5.23. The van der Waals surface area contributed by atoms with Crippen LogP contribution in [0.1, 0.15) is 27.7 Å². The first-order valence-corrected chi connectivity index (χ1v) is 16.6. The highest BCUT2D eigenvalue weighted by Gasteiger charge is 2.24. The van der Waals surface area contributed by atoms with Crippen molar-refractivity contribution in [2.45, 2.75) is 32.6 Å². The number of rotatable bonds is 13. The van der Waals surface area contributed by atoms with E-state index in [-0.39, 0.29) is 30.2 Å². The summed E-state index contributed by atoms with van der Waals surface area (Å²) in [4.78, 5) is 25.4. The van der Waals surface area contributed by atoms with Crippen molar-refractivity contribution in [1.29, 1.82) is 0 Å². The van der Waals surface area contributed by atoms with Crippen LogP contribution in [0.4, 0.5) is 10.5 Å². The molecule has 0 spiro atoms. The van der Waals surface area contributed by atoms with Gasteiger partial charge >= 0.3 is 12.1 Å². The molecule has 2 aromatic rings. The lowest BCUT2D eigenvalue weighted by Crippen LogP contribution is -2.32. The predicted octanol–water partition coefficient (Wildman–Crippen LogP) is 4.94. The number of nitrogens with zero attached hydrogens (tertiary/aromatic N) is 2. The zero-order valence-corrected chi connectivity index (χ0v) is 27.4. The molecule has 0 saturated carbocycles. The molecule has 4 rings (SSSR count). The fourth-order valence-corrected chi connectivity index (χ4v) is 5.93. The highest BCUT2D eigenvalue weighted by molar-refractivity contribution is 7.86. The molecule has 2 N–H and O–H groups in total. The minimum absolute atomic E-state index is 0.00423. The van der Waals surface area contributed by atoms with Crippen molar-refractivity contribution < 1.29 is 36.5 Å². The van der Waals surface area contributed by atoms with Gasteiger partial charge in [-0.15, -0.1) is 0 Å². The third kappa shape index (κ3) is 7.93. The fraction of sp³-hybridized carbons (Fsp3) is 0.324. The Morgan fingerprint density at radius 3 is 2.39 bits per heavy atom. The Bertz CT molecular complexity index is 1890. The molecule has 11 nitrogen and oxygen atoms in total. The number of benzene rings is 3. The van der Waals surface area contributed by atoms with Crippen LogP contribution in [-0.4, -0.2) is 71.0 Å². The number of ether oxygens (including phenoxy) is 2. The second-order valence-corrected chi connectivity index (χ2v) is 11.9. The quantitative estimate of drug-likeness (QED) is 0.0515. The zero-order valence-electron chi connectivity index (χ0n) is 26.5. The number of amides is 1. The summed E-state index contributed by atoms with van der Waals surface area (Å²) in [6.45, 7) is 14.0. The molecule has 1 heterocycles. The lowest BCUT2D eigenvalue weighted by atomic mass is 9.93. The molecule has 0 radical (unpaired) electrons. The van der Waals surface area contributed by atoms with E-state index in [1.807, 2.05) is 48.2 Å². The summed E-state index contributed by atoms with van der Waals surface area (Å²) in [5.74, 6) is 0.0362. The largest absolute Gasteiger partial charge is 0.460 e. The monoisotopic (exact) mass is 650 g/mol. The summed E-state index contributed by atoms with van der Waals surface area (Å²) in [7, 11) is -4.53. The average molecular weight is 651 g/mol. The van der Waals surface area contributed by atoms with E-state index < -0.39 is 22.2 Å². The number of nitrogens with one attached hydrogen (secondary N) is 1. The van der Waals surface area contributed by atoms with Gasteiger partial charge in [0.15, 0.2) is 0 Å². The molecular formula is C34H40N3O8S+. The van der Waals surface area contributed by atoms with Gasteiger partial charge in [0.05, 0.1) is 19.2 Å². The molecule has 0 bridgehead atoms. The van der Waals surface area contributed by atoms with Crippen LogP contribution in [0.15, 0.2) is 82.1 Å². The summed E-state index contributed by atoms with van der Waals surface area (Å²) >= 11 is 0. The molecule has 0 unspecified atom stereocenters. The highest BCUT2D eigenvalue weighted by atomic mass is 32.2. The first-order valence-electron chi connectivity index (χ1n) is 15.1. The van der Waals surface area contributed by atoms with E-state index in [2.05, 4.69) is 30.3 Å². The van der Waals surface area contributed by atoms with Gasteiger partial charge in [0.25, 0.3) is 10.1 Å². The first kappa shape index (κ1) is 34.2. The molecule has 0 fully saturated rings. The van der Waals surface area contributed by atoms with Gasteiger partial charge in [-0.2, -0.15) is 8.42 Å². The third-order valence-corrected chi connectivity index (χ3v) is 8.46. The van der Waals surface area contributed by atoms with Gasteiger partial charge in [-0.3, -0.25) is 4.55 Å². The second kappa shape index (κ2) is 15.1. The van der Waals surface area contributed by atoms with Crippen LogP contribution in [0, 0.1) is 0 Å². The molecule has 0 atom stereocenters. The van der Waals surface area contributed by atoms with Crippen molar-refractivity contribution >= 4 is 38.8 Å². The highest BCUT2D eigenvalue weighted by Crippen LogP contribution is 2.42. The van der Waals surface area contributed by atoms with Gasteiger partial charge in [-0.05, 0) is 52.0 Å². The van der Waals surface area contributed by atoms with Gasteiger partial charge in [0.1, 0.15) is 42.5 Å². The van der Waals surface area contributed by atoms with Crippen LogP contribution in [-0.2, 0) is 24.4 Å². The number of likely N-dealkylation sites (N-methyl/N-ethyl adjacent to an activating group) is 1. The SMILES string of the molecule is C=C(C)C(=O)OCCNC(=O)OCCN(CC)c1ccc2c(-c3ccccc3S(=O)(=O)O)c3ccc(=[N+](CC)CC)cc-3oc2c1. The maximum Gasteiger partial charge on any atom is 0.407 e. The Morgan fingerprint density at radius 1 is 0.978 bits per heavy atom. The minimum Gasteiger partial charge on any atom is -0.460 e. The minimum atomic E-state index is -4.53. The molecule has 1 amide bonds. The molecule has 0 saturated heterocycles. The number of fused-ring (bicyclic) bond motifs is 2. The van der Waals surface area contributed by atoms with Gasteiger partial charge in [-0.1, -0.05) is 24.8 Å². The molecule has 244 valence electrons. The summed E-state index contributed by atoms with van der Waals surface area (Å²) in [5.41, 5.74) is 3.29. The Kier molecular flexibility index (Phi) is 11.2. The average Bonchev–Trinajstić information content (AvgIpc) is 3.03. The molecular weight excluding hydrogens is 610 g/mol. The first-order chi connectivity index (χ1) is 22.0. The van der Waals surface area contributed by atoms with Crippen LogP contribution in [0.3, 0.4) is 0 Å². The lowest BCUT2D eigenvalue weighted by molar-refractivity contribution is -0.138. The normalized spacial score (nSPS) is 11.3. The topological polar surface area (TPSA) is 138 Å². The van der Waals surface area contributed by atoms with E-state index in [1.54, 1.807) is 25.1 Å². The number of alkyl carbamates (subject to hydrolysis) is 1. The molecule has 2 aromatic carbocycles. The van der Waals surface area contributed by atoms with Crippen molar-refractivity contribution in [1.82, 2.24) is 9.89 Å². The van der Waals surface area contributed by atoms with Crippen molar-refractivity contribution in [3.8, 4) is 22.5 Å². The molecule has 12 heteroatoms. The maximum absolute atomic E-state index is 12.4. The zero-order chi connectivity index (χ0) is 33.4. The third-order valence-electron chi connectivity index (χ3n) is 7.55. The Morgan fingerprint density at radius 2 is 1.72 bits per heavy atom. The van der Waals surface area contributed by atoms with E-state index in [9.17, 15) is 22.6 Å². The number of hydrogen-bond donors (Lipinski definition) is 2. The molecule has 46 heavy (non-hydrogen) atoms. The van der Waals surface area contributed by atoms with Crippen LogP contribution in [0.5, 0.6) is 0 Å². The number of carbonyl (C=O) groups is 2. The number of anilines is 1. The molecule has 1 aliphatic carbocycles. The Balaban J connectivity index is 1.68. The summed E-state index contributed by atoms with van der Waals surface area (Å²) in [6, 6.07) is 17.8. The molecule has 2 aliphatic rings. The van der Waals surface area contributed by atoms with E-state index >= 15 is 0 Å². The van der Waals surface area contributed by atoms with Crippen LogP contribution < -0.4 is 20.1 Å². The smallest absolute Gasteiger partial charge is 0.407 e. The summed E-state index contributed by atoms with van der Waals surface area (Å²) in [5, 5.41) is 4.17. The Labute approximate surface area is 268 Å². The maximum atomic E-state index is 12.4. The lowest BCUT2D eigenvalue weighted by Gasteiger charge is -2.24. The van der Waals surface area contributed by atoms with Crippen molar-refractivity contribution in [3.63, 3.8) is 0 Å². The van der Waals surface area contributed by atoms with E-state index in [4.69, 9.17) is 13.9 Å². The van der Waals surface area contributed by atoms with Gasteiger partial charge < -0.3 is 24.1 Å². The second-order valence-electron chi connectivity index (χ2n) is 10.5. The van der Waals surface area contributed by atoms with Crippen molar-refractivity contribution in [2.75, 3.05) is 50.8 Å². The predicted molar refractivity (Wildman–Crippen MR) is 177 cm³/mol. The Hall–Kier alpha value is -4.68. The van der Waals surface area contributed by atoms with Gasteiger partial charge in [0, 0.05) is 52.0 Å². The number of carbonyl (C=O) groups excluding carboxylic acids is 2. The van der Waals surface area contributed by atoms with E-state index in [0.29, 0.717) is 46.5 Å². The van der Waals surface area contributed by atoms with Crippen molar-refractivity contribution in [3.05, 3.63) is 78.2 Å². The molecule has 1 aliphatic heterocycles. The number of esters is 1.